The van der Waals surface area contributed by atoms with E-state index in [1.807, 2.05) is 24.3 Å². The van der Waals surface area contributed by atoms with E-state index in [4.69, 9.17) is 5.84 Å². The number of aromatic nitrogens is 2. The Bertz CT molecular complexity index is 486. The van der Waals surface area contributed by atoms with Crippen LogP contribution in [0.3, 0.4) is 0 Å². The van der Waals surface area contributed by atoms with E-state index in [9.17, 15) is 0 Å². The van der Waals surface area contributed by atoms with Gasteiger partial charge in [-0.05, 0) is 18.2 Å². The highest BCUT2D eigenvalue weighted by molar-refractivity contribution is 7.99. The predicted molar refractivity (Wildman–Crippen MR) is 68.4 cm³/mol. The highest BCUT2D eigenvalue weighted by Gasteiger charge is 2.06. The van der Waals surface area contributed by atoms with E-state index >= 15 is 0 Å². The average molecular weight is 234 g/mol. The third kappa shape index (κ3) is 2.25. The Labute approximate surface area is 98.6 Å². The number of nitrogens with zero attached hydrogens (tertiary/aromatic N) is 2. The number of nitrogens with one attached hydrogen (secondary N) is 1. The largest absolute Gasteiger partial charge is 0.292 e. The van der Waals surface area contributed by atoms with Gasteiger partial charge >= 0.3 is 0 Å². The lowest BCUT2D eigenvalue weighted by Crippen LogP contribution is -2.10. The molecule has 1 heterocycles. The molecule has 1 aromatic heterocycles. The Balaban J connectivity index is 2.50. The fraction of sp³-hybridized carbons (Fsp3) is 0.273. The summed E-state index contributed by atoms with van der Waals surface area (Å²) in [5, 5.41) is 2.07. The van der Waals surface area contributed by atoms with Crippen LogP contribution in [0.2, 0.25) is 0 Å². The third-order valence-electron chi connectivity index (χ3n) is 2.14. The molecule has 0 aliphatic heterocycles. The van der Waals surface area contributed by atoms with Gasteiger partial charge < -0.3 is 0 Å². The number of anilines is 1. The Morgan fingerprint density at radius 1 is 1.31 bits per heavy atom. The first kappa shape index (κ1) is 11.2. The SMILES string of the molecule is CCCSc1nc(NN)nc2ccccc12. The summed E-state index contributed by atoms with van der Waals surface area (Å²) in [6, 6.07) is 7.96. The van der Waals surface area contributed by atoms with Crippen LogP contribution in [0.1, 0.15) is 13.3 Å². The van der Waals surface area contributed by atoms with Crippen molar-refractivity contribution in [3.63, 3.8) is 0 Å². The van der Waals surface area contributed by atoms with Crippen LogP contribution in [0.4, 0.5) is 5.95 Å². The lowest BCUT2D eigenvalue weighted by molar-refractivity contribution is 1.06. The van der Waals surface area contributed by atoms with Gasteiger partial charge in [0.15, 0.2) is 0 Å². The van der Waals surface area contributed by atoms with E-state index in [2.05, 4.69) is 22.3 Å². The quantitative estimate of drug-likeness (QED) is 0.368. The molecule has 2 aromatic rings. The Kier molecular flexibility index (Phi) is 3.58. The maximum atomic E-state index is 5.35. The molecule has 0 radical (unpaired) electrons. The maximum Gasteiger partial charge on any atom is 0.238 e. The molecule has 84 valence electrons. The zero-order valence-electron chi connectivity index (χ0n) is 9.10. The predicted octanol–water partition coefficient (Wildman–Crippen LogP) is 2.42. The Morgan fingerprint density at radius 2 is 2.12 bits per heavy atom. The minimum absolute atomic E-state index is 0.470. The zero-order chi connectivity index (χ0) is 11.4. The molecule has 0 amide bonds. The zero-order valence-corrected chi connectivity index (χ0v) is 9.92. The van der Waals surface area contributed by atoms with E-state index in [1.165, 1.54) is 0 Å². The van der Waals surface area contributed by atoms with Crippen LogP contribution in [-0.4, -0.2) is 15.7 Å². The summed E-state index contributed by atoms with van der Waals surface area (Å²) >= 11 is 1.73. The van der Waals surface area contributed by atoms with Crippen molar-refractivity contribution < 1.29 is 0 Å². The van der Waals surface area contributed by atoms with E-state index in [0.717, 1.165) is 28.1 Å². The summed E-state index contributed by atoms with van der Waals surface area (Å²) in [4.78, 5) is 8.67. The topological polar surface area (TPSA) is 63.8 Å². The van der Waals surface area contributed by atoms with Crippen molar-refractivity contribution in [2.45, 2.75) is 18.4 Å². The Hall–Kier alpha value is -1.33. The second kappa shape index (κ2) is 5.14. The van der Waals surface area contributed by atoms with Gasteiger partial charge in [-0.15, -0.1) is 11.8 Å². The smallest absolute Gasteiger partial charge is 0.238 e. The van der Waals surface area contributed by atoms with E-state index in [0.29, 0.717) is 5.95 Å². The van der Waals surface area contributed by atoms with Crippen molar-refractivity contribution in [3.8, 4) is 0 Å². The molecule has 0 fully saturated rings. The van der Waals surface area contributed by atoms with Gasteiger partial charge in [0.1, 0.15) is 5.03 Å². The van der Waals surface area contributed by atoms with Crippen molar-refractivity contribution in [1.29, 1.82) is 0 Å². The first-order valence-corrected chi connectivity index (χ1v) is 6.20. The molecule has 0 aliphatic carbocycles. The number of hydrogen-bond donors (Lipinski definition) is 2. The number of thioether (sulfide) groups is 1. The highest BCUT2D eigenvalue weighted by atomic mass is 32.2. The minimum atomic E-state index is 0.470. The minimum Gasteiger partial charge on any atom is -0.292 e. The number of fused-ring (bicyclic) bond motifs is 1. The van der Waals surface area contributed by atoms with Gasteiger partial charge in [-0.1, -0.05) is 25.1 Å². The van der Waals surface area contributed by atoms with E-state index in [1.54, 1.807) is 11.8 Å². The monoisotopic (exact) mass is 234 g/mol. The molecule has 2 rings (SSSR count). The van der Waals surface area contributed by atoms with Gasteiger partial charge in [0, 0.05) is 5.39 Å². The molecule has 4 nitrogen and oxygen atoms in total. The highest BCUT2D eigenvalue weighted by Crippen LogP contribution is 2.26. The summed E-state index contributed by atoms with van der Waals surface area (Å²) in [6.07, 6.45) is 1.12. The molecule has 0 saturated heterocycles. The average Bonchev–Trinajstić information content (AvgIpc) is 2.35. The molecule has 0 atom stereocenters. The fourth-order valence-electron chi connectivity index (χ4n) is 1.42. The first-order valence-electron chi connectivity index (χ1n) is 5.21. The molecule has 16 heavy (non-hydrogen) atoms. The molecule has 5 heteroatoms. The van der Waals surface area contributed by atoms with Gasteiger partial charge in [0.25, 0.3) is 0 Å². The summed E-state index contributed by atoms with van der Waals surface area (Å²) < 4.78 is 0. The van der Waals surface area contributed by atoms with Crippen molar-refractivity contribution in [1.82, 2.24) is 9.97 Å². The summed E-state index contributed by atoms with van der Waals surface area (Å²) in [6.45, 7) is 2.15. The van der Waals surface area contributed by atoms with Gasteiger partial charge in [-0.2, -0.15) is 0 Å². The van der Waals surface area contributed by atoms with Crippen molar-refractivity contribution in [2.75, 3.05) is 11.2 Å². The maximum absolute atomic E-state index is 5.35. The standard InChI is InChI=1S/C11H14N4S/c1-2-7-16-10-8-5-3-4-6-9(8)13-11(14-10)15-12/h3-6H,2,7,12H2,1H3,(H,13,14,15). The molecule has 0 unspecified atom stereocenters. The van der Waals surface area contributed by atoms with Crippen molar-refractivity contribution in [2.24, 2.45) is 5.84 Å². The number of hydrogen-bond acceptors (Lipinski definition) is 5. The van der Waals surface area contributed by atoms with E-state index in [-0.39, 0.29) is 0 Å². The fourth-order valence-corrected chi connectivity index (χ4v) is 2.30. The molecule has 0 saturated carbocycles. The van der Waals surface area contributed by atoms with Crippen LogP contribution in [0.5, 0.6) is 0 Å². The van der Waals surface area contributed by atoms with Gasteiger partial charge in [-0.3, -0.25) is 5.43 Å². The molecule has 0 bridgehead atoms. The molecular formula is C11H14N4S. The van der Waals surface area contributed by atoms with Gasteiger partial charge in [0.05, 0.1) is 5.52 Å². The molecular weight excluding hydrogens is 220 g/mol. The first-order chi connectivity index (χ1) is 7.85. The molecule has 3 N–H and O–H groups in total. The number of para-hydroxylation sites is 1. The second-order valence-corrected chi connectivity index (χ2v) is 4.45. The van der Waals surface area contributed by atoms with Crippen LogP contribution in [0, 0.1) is 0 Å². The van der Waals surface area contributed by atoms with Crippen molar-refractivity contribution >= 4 is 28.6 Å². The number of nitrogen functional groups attached to an aromatic ring is 1. The molecule has 0 spiro atoms. The third-order valence-corrected chi connectivity index (χ3v) is 3.34. The van der Waals surface area contributed by atoms with Crippen molar-refractivity contribution in [3.05, 3.63) is 24.3 Å². The molecule has 1 aromatic carbocycles. The molecule has 0 aliphatic rings. The van der Waals surface area contributed by atoms with Crippen LogP contribution >= 0.6 is 11.8 Å². The second-order valence-electron chi connectivity index (χ2n) is 3.36. The summed E-state index contributed by atoms with van der Waals surface area (Å²) in [7, 11) is 0. The van der Waals surface area contributed by atoms with Crippen LogP contribution in [-0.2, 0) is 0 Å². The van der Waals surface area contributed by atoms with Crippen LogP contribution in [0.15, 0.2) is 29.3 Å². The number of benzene rings is 1. The number of nitrogens with two attached hydrogens (primary N) is 1. The van der Waals surface area contributed by atoms with Crippen LogP contribution in [0.25, 0.3) is 10.9 Å². The van der Waals surface area contributed by atoms with Crippen LogP contribution < -0.4 is 11.3 Å². The lowest BCUT2D eigenvalue weighted by atomic mass is 10.2. The van der Waals surface area contributed by atoms with E-state index < -0.39 is 0 Å². The van der Waals surface area contributed by atoms with Gasteiger partial charge in [-0.25, -0.2) is 15.8 Å². The van der Waals surface area contributed by atoms with Gasteiger partial charge in [0.2, 0.25) is 5.95 Å². The number of rotatable bonds is 4. The lowest BCUT2D eigenvalue weighted by Gasteiger charge is -2.06. The Morgan fingerprint density at radius 3 is 2.88 bits per heavy atom. The normalized spacial score (nSPS) is 10.6. The summed E-state index contributed by atoms with van der Waals surface area (Å²) in [5.74, 6) is 6.87. The summed E-state index contributed by atoms with van der Waals surface area (Å²) in [5.41, 5.74) is 3.42. The number of hydrazine groups is 1.